The topological polar surface area (TPSA) is 79.3 Å². The molecule has 36 heavy (non-hydrogen) atoms. The van der Waals surface area contributed by atoms with E-state index in [1.165, 1.54) is 4.90 Å². The predicted molar refractivity (Wildman–Crippen MR) is 148 cm³/mol. The Labute approximate surface area is 222 Å². The number of anilines is 2. The van der Waals surface area contributed by atoms with Gasteiger partial charge in [0.25, 0.3) is 0 Å². The third kappa shape index (κ3) is 7.02. The van der Waals surface area contributed by atoms with Crippen LogP contribution in [0, 0.1) is 6.92 Å². The van der Waals surface area contributed by atoms with Crippen LogP contribution in [0.2, 0.25) is 10.0 Å². The lowest BCUT2D eigenvalue weighted by Gasteiger charge is -2.23. The first kappa shape index (κ1) is 27.6. The van der Waals surface area contributed by atoms with Crippen LogP contribution in [0.3, 0.4) is 0 Å². The number of aromatic nitrogens is 2. The van der Waals surface area contributed by atoms with Crippen molar-refractivity contribution in [2.24, 2.45) is 0 Å². The van der Waals surface area contributed by atoms with E-state index in [1.807, 2.05) is 44.2 Å². The van der Waals surface area contributed by atoms with Crippen LogP contribution in [0.4, 0.5) is 16.3 Å². The fourth-order valence-corrected chi connectivity index (χ4v) is 4.02. The highest BCUT2D eigenvalue weighted by molar-refractivity contribution is 6.36. The zero-order chi connectivity index (χ0) is 26.5. The van der Waals surface area contributed by atoms with Gasteiger partial charge in [0.1, 0.15) is 12.4 Å². The van der Waals surface area contributed by atoms with E-state index in [0.717, 1.165) is 29.8 Å². The minimum Gasteiger partial charge on any atom is -0.315 e. The van der Waals surface area contributed by atoms with E-state index >= 15 is 0 Å². The van der Waals surface area contributed by atoms with E-state index in [4.69, 9.17) is 28.3 Å². The van der Waals surface area contributed by atoms with Crippen molar-refractivity contribution in [2.45, 2.75) is 52.9 Å². The SMILES string of the molecule is CCCCN(CC(=O)Nc1cc(C(C)(C)C)nn1-c1ccccc1C)C(=O)Nc1ccc(Cl)cc1Cl. The molecular weight excluding hydrogens is 497 g/mol. The summed E-state index contributed by atoms with van der Waals surface area (Å²) in [4.78, 5) is 27.7. The standard InChI is InChI=1S/C27H33Cl2N5O2/c1-6-7-14-33(26(36)30-21-13-12-19(28)15-20(21)29)17-25(35)31-24-16-23(27(3,4)5)32-34(24)22-11-9-8-10-18(22)2/h8-13,15-16H,6-7,14,17H2,1-5H3,(H,30,36)(H,31,35). The number of para-hydroxylation sites is 1. The van der Waals surface area contributed by atoms with Crippen LogP contribution in [0.25, 0.3) is 5.69 Å². The van der Waals surface area contributed by atoms with E-state index < -0.39 is 6.03 Å². The van der Waals surface area contributed by atoms with Crippen molar-refractivity contribution >= 4 is 46.6 Å². The predicted octanol–water partition coefficient (Wildman–Crippen LogP) is 7.06. The van der Waals surface area contributed by atoms with Crippen molar-refractivity contribution in [3.8, 4) is 5.69 Å². The molecule has 1 heterocycles. The van der Waals surface area contributed by atoms with Crippen molar-refractivity contribution in [1.29, 1.82) is 0 Å². The highest BCUT2D eigenvalue weighted by Gasteiger charge is 2.23. The van der Waals surface area contributed by atoms with Crippen molar-refractivity contribution in [3.05, 3.63) is 69.8 Å². The lowest BCUT2D eigenvalue weighted by atomic mass is 9.92. The normalized spacial score (nSPS) is 11.3. The number of unbranched alkanes of at least 4 members (excludes halogenated alkanes) is 1. The smallest absolute Gasteiger partial charge is 0.315 e. The number of carbonyl (C=O) groups is 2. The molecule has 192 valence electrons. The lowest BCUT2D eigenvalue weighted by molar-refractivity contribution is -0.116. The average Bonchev–Trinajstić information content (AvgIpc) is 3.22. The number of urea groups is 1. The van der Waals surface area contributed by atoms with Crippen LogP contribution in [0.15, 0.2) is 48.5 Å². The van der Waals surface area contributed by atoms with Crippen LogP contribution in [-0.2, 0) is 10.2 Å². The summed E-state index contributed by atoms with van der Waals surface area (Å²) in [6.07, 6.45) is 1.63. The summed E-state index contributed by atoms with van der Waals surface area (Å²) in [6.45, 7) is 10.5. The number of benzene rings is 2. The first-order chi connectivity index (χ1) is 17.0. The third-order valence-corrected chi connectivity index (χ3v) is 6.21. The second-order valence-electron chi connectivity index (χ2n) is 9.74. The van der Waals surface area contributed by atoms with Gasteiger partial charge >= 0.3 is 6.03 Å². The molecule has 0 fully saturated rings. The molecular formula is C27H33Cl2N5O2. The molecule has 0 radical (unpaired) electrons. The first-order valence-electron chi connectivity index (χ1n) is 12.0. The zero-order valence-electron chi connectivity index (χ0n) is 21.4. The van der Waals surface area contributed by atoms with Crippen LogP contribution < -0.4 is 10.6 Å². The highest BCUT2D eigenvalue weighted by atomic mass is 35.5. The molecule has 0 aliphatic rings. The number of carbonyl (C=O) groups excluding carboxylic acids is 2. The maximum atomic E-state index is 13.2. The fourth-order valence-electron chi connectivity index (χ4n) is 3.56. The molecule has 7 nitrogen and oxygen atoms in total. The number of nitrogens with one attached hydrogen (secondary N) is 2. The Morgan fingerprint density at radius 1 is 1.06 bits per heavy atom. The van der Waals surface area contributed by atoms with Crippen molar-refractivity contribution in [3.63, 3.8) is 0 Å². The Balaban J connectivity index is 1.82. The number of aryl methyl sites for hydroxylation is 1. The molecule has 0 atom stereocenters. The number of hydrogen-bond donors (Lipinski definition) is 2. The van der Waals surface area contributed by atoms with E-state index in [9.17, 15) is 9.59 Å². The van der Waals surface area contributed by atoms with Gasteiger partial charge in [0.15, 0.2) is 0 Å². The van der Waals surface area contributed by atoms with Gasteiger partial charge in [0.05, 0.1) is 22.1 Å². The van der Waals surface area contributed by atoms with Crippen molar-refractivity contribution in [2.75, 3.05) is 23.7 Å². The van der Waals surface area contributed by atoms with Crippen LogP contribution in [0.1, 0.15) is 51.8 Å². The van der Waals surface area contributed by atoms with Crippen molar-refractivity contribution < 1.29 is 9.59 Å². The molecule has 2 aromatic carbocycles. The summed E-state index contributed by atoms with van der Waals surface area (Å²) in [5.74, 6) is 0.231. The molecule has 0 spiro atoms. The molecule has 0 aliphatic heterocycles. The highest BCUT2D eigenvalue weighted by Crippen LogP contribution is 2.28. The largest absolute Gasteiger partial charge is 0.322 e. The quantitative estimate of drug-likeness (QED) is 0.327. The van der Waals surface area contributed by atoms with Crippen LogP contribution in [0.5, 0.6) is 0 Å². The van der Waals surface area contributed by atoms with Gasteiger partial charge in [-0.2, -0.15) is 5.10 Å². The van der Waals surface area contributed by atoms with Gasteiger partial charge in [0.2, 0.25) is 5.91 Å². The summed E-state index contributed by atoms with van der Waals surface area (Å²) in [5, 5.41) is 11.3. The molecule has 0 saturated carbocycles. The molecule has 1 aromatic heterocycles. The van der Waals surface area contributed by atoms with Gasteiger partial charge < -0.3 is 15.5 Å². The molecule has 0 aliphatic carbocycles. The van der Waals surface area contributed by atoms with Crippen molar-refractivity contribution in [1.82, 2.24) is 14.7 Å². The molecule has 3 rings (SSSR count). The van der Waals surface area contributed by atoms with E-state index in [-0.39, 0.29) is 17.9 Å². The summed E-state index contributed by atoms with van der Waals surface area (Å²) < 4.78 is 1.75. The van der Waals surface area contributed by atoms with Gasteiger partial charge in [-0.15, -0.1) is 0 Å². The molecule has 3 aromatic rings. The maximum Gasteiger partial charge on any atom is 0.322 e. The molecule has 9 heteroatoms. The summed E-state index contributed by atoms with van der Waals surface area (Å²) in [5.41, 5.74) is 2.97. The summed E-state index contributed by atoms with van der Waals surface area (Å²) in [7, 11) is 0. The Kier molecular flexibility index (Phi) is 9.03. The minimum atomic E-state index is -0.411. The van der Waals surface area contributed by atoms with E-state index in [2.05, 4.69) is 31.4 Å². The fraction of sp³-hybridized carbons (Fsp3) is 0.370. The van der Waals surface area contributed by atoms with E-state index in [0.29, 0.717) is 28.1 Å². The third-order valence-electron chi connectivity index (χ3n) is 5.66. The molecule has 0 unspecified atom stereocenters. The van der Waals surface area contributed by atoms with Crippen LogP contribution in [-0.4, -0.2) is 39.7 Å². The van der Waals surface area contributed by atoms with Gasteiger partial charge in [-0.05, 0) is 43.2 Å². The summed E-state index contributed by atoms with van der Waals surface area (Å²) >= 11 is 12.2. The maximum absolute atomic E-state index is 13.2. The summed E-state index contributed by atoms with van der Waals surface area (Å²) in [6, 6.07) is 14.2. The lowest BCUT2D eigenvalue weighted by Crippen LogP contribution is -2.41. The number of amides is 3. The van der Waals surface area contributed by atoms with Crippen LogP contribution >= 0.6 is 23.2 Å². The number of nitrogens with zero attached hydrogens (tertiary/aromatic N) is 3. The molecule has 3 amide bonds. The molecule has 0 saturated heterocycles. The second-order valence-corrected chi connectivity index (χ2v) is 10.6. The first-order valence-corrected chi connectivity index (χ1v) is 12.7. The minimum absolute atomic E-state index is 0.124. The van der Waals surface area contributed by atoms with Gasteiger partial charge in [0, 0.05) is 23.0 Å². The van der Waals surface area contributed by atoms with Gasteiger partial charge in [-0.25, -0.2) is 9.48 Å². The number of halogens is 2. The Morgan fingerprint density at radius 3 is 2.42 bits per heavy atom. The monoisotopic (exact) mass is 529 g/mol. The number of rotatable bonds is 8. The zero-order valence-corrected chi connectivity index (χ0v) is 22.9. The van der Waals surface area contributed by atoms with Gasteiger partial charge in [-0.1, -0.05) is 75.5 Å². The average molecular weight is 531 g/mol. The van der Waals surface area contributed by atoms with E-state index in [1.54, 1.807) is 22.9 Å². The number of hydrogen-bond acceptors (Lipinski definition) is 3. The molecule has 2 N–H and O–H groups in total. The Bertz CT molecular complexity index is 1230. The molecule has 0 bridgehead atoms. The Hall–Kier alpha value is -3.03. The van der Waals surface area contributed by atoms with Gasteiger partial charge in [-0.3, -0.25) is 4.79 Å². The second kappa shape index (κ2) is 11.8. The Morgan fingerprint density at radius 2 is 1.78 bits per heavy atom.